The highest BCUT2D eigenvalue weighted by Crippen LogP contribution is 2.31. The molecule has 102 valence electrons. The zero-order valence-corrected chi connectivity index (χ0v) is 12.1. The van der Waals surface area contributed by atoms with Crippen LogP contribution in [0.1, 0.15) is 11.6 Å². The van der Waals surface area contributed by atoms with Crippen molar-refractivity contribution in [1.29, 1.82) is 0 Å². The molecule has 0 aromatic heterocycles. The molecule has 1 unspecified atom stereocenters. The second-order valence-electron chi connectivity index (χ2n) is 4.45. The van der Waals surface area contributed by atoms with Crippen LogP contribution in [0.2, 0.25) is 5.02 Å². The van der Waals surface area contributed by atoms with Gasteiger partial charge in [-0.2, -0.15) is 0 Å². The summed E-state index contributed by atoms with van der Waals surface area (Å²) in [7, 11) is 0. The third kappa shape index (κ3) is 3.14. The molecule has 0 saturated carbocycles. The van der Waals surface area contributed by atoms with Crippen molar-refractivity contribution < 1.29 is 4.39 Å². The lowest BCUT2D eigenvalue weighted by Crippen LogP contribution is -2.05. The standard InChI is InChI=1S/C15H12ClFN2S/c16-11-6-12(17)8-13(7-11)18-15-19-14(9-20-15)10-4-2-1-3-5-10/h1-8,14H,9H2,(H,18,19). The highest BCUT2D eigenvalue weighted by molar-refractivity contribution is 8.14. The first-order chi connectivity index (χ1) is 9.70. The van der Waals surface area contributed by atoms with Gasteiger partial charge in [-0.1, -0.05) is 53.7 Å². The predicted molar refractivity (Wildman–Crippen MR) is 84.1 cm³/mol. The number of benzene rings is 2. The monoisotopic (exact) mass is 306 g/mol. The van der Waals surface area contributed by atoms with Crippen LogP contribution in [0.25, 0.3) is 0 Å². The van der Waals surface area contributed by atoms with Gasteiger partial charge in [0.25, 0.3) is 0 Å². The normalized spacial score (nSPS) is 17.9. The molecule has 2 aromatic rings. The van der Waals surface area contributed by atoms with E-state index in [0.717, 1.165) is 10.9 Å². The number of aliphatic imine (C=N–C) groups is 1. The van der Waals surface area contributed by atoms with Crippen molar-refractivity contribution >= 4 is 34.2 Å². The minimum Gasteiger partial charge on any atom is -0.335 e. The molecule has 0 saturated heterocycles. The summed E-state index contributed by atoms with van der Waals surface area (Å²) in [6, 6.07) is 14.7. The van der Waals surface area contributed by atoms with Crippen LogP contribution in [0.15, 0.2) is 53.5 Å². The number of thioether (sulfide) groups is 1. The Balaban J connectivity index is 1.76. The molecule has 0 radical (unpaired) electrons. The molecule has 1 N–H and O–H groups in total. The van der Waals surface area contributed by atoms with Gasteiger partial charge in [-0.3, -0.25) is 4.99 Å². The SMILES string of the molecule is Fc1cc(Cl)cc(NC2=NC(c3ccccc3)CS2)c1. The fraction of sp³-hybridized carbons (Fsp3) is 0.133. The van der Waals surface area contributed by atoms with Crippen LogP contribution in [-0.2, 0) is 0 Å². The number of rotatable bonds is 2. The fourth-order valence-electron chi connectivity index (χ4n) is 2.04. The van der Waals surface area contributed by atoms with Crippen molar-refractivity contribution in [1.82, 2.24) is 0 Å². The molecule has 2 aromatic carbocycles. The van der Waals surface area contributed by atoms with Gasteiger partial charge in [0.05, 0.1) is 6.04 Å². The van der Waals surface area contributed by atoms with E-state index in [1.807, 2.05) is 18.2 Å². The van der Waals surface area contributed by atoms with E-state index in [2.05, 4.69) is 22.4 Å². The van der Waals surface area contributed by atoms with Gasteiger partial charge in [0.15, 0.2) is 5.17 Å². The zero-order chi connectivity index (χ0) is 13.9. The van der Waals surface area contributed by atoms with Crippen molar-refractivity contribution in [2.75, 3.05) is 11.1 Å². The molecule has 3 rings (SSSR count). The van der Waals surface area contributed by atoms with E-state index in [9.17, 15) is 4.39 Å². The van der Waals surface area contributed by atoms with E-state index < -0.39 is 0 Å². The number of amidine groups is 1. The Morgan fingerprint density at radius 1 is 1.20 bits per heavy atom. The third-order valence-corrected chi connectivity index (χ3v) is 4.13. The van der Waals surface area contributed by atoms with Crippen LogP contribution in [0.3, 0.4) is 0 Å². The highest BCUT2D eigenvalue weighted by Gasteiger charge is 2.19. The Hall–Kier alpha value is -1.52. The Morgan fingerprint density at radius 2 is 2.00 bits per heavy atom. The molecule has 0 amide bonds. The average Bonchev–Trinajstić information content (AvgIpc) is 2.87. The Kier molecular flexibility index (Phi) is 3.94. The number of anilines is 1. The van der Waals surface area contributed by atoms with Gasteiger partial charge in [0, 0.05) is 16.5 Å². The lowest BCUT2D eigenvalue weighted by molar-refractivity contribution is 0.628. The topological polar surface area (TPSA) is 24.4 Å². The van der Waals surface area contributed by atoms with Gasteiger partial charge >= 0.3 is 0 Å². The third-order valence-electron chi connectivity index (χ3n) is 2.95. The van der Waals surface area contributed by atoms with Crippen molar-refractivity contribution in [3.8, 4) is 0 Å². The second kappa shape index (κ2) is 5.85. The van der Waals surface area contributed by atoms with Crippen LogP contribution in [-0.4, -0.2) is 10.9 Å². The molecule has 1 aliphatic heterocycles. The van der Waals surface area contributed by atoms with Gasteiger partial charge in [-0.15, -0.1) is 0 Å². The van der Waals surface area contributed by atoms with Gasteiger partial charge in [0.1, 0.15) is 5.82 Å². The first-order valence-corrected chi connectivity index (χ1v) is 7.56. The summed E-state index contributed by atoms with van der Waals surface area (Å²) in [6.07, 6.45) is 0. The molecule has 0 spiro atoms. The lowest BCUT2D eigenvalue weighted by Gasteiger charge is -2.06. The Labute approximate surface area is 126 Å². The van der Waals surface area contributed by atoms with Crippen LogP contribution < -0.4 is 5.32 Å². The Morgan fingerprint density at radius 3 is 2.75 bits per heavy atom. The molecule has 1 atom stereocenters. The van der Waals surface area contributed by atoms with E-state index in [-0.39, 0.29) is 11.9 Å². The maximum atomic E-state index is 13.3. The number of halogens is 2. The molecule has 1 heterocycles. The maximum absolute atomic E-state index is 13.3. The van der Waals surface area contributed by atoms with Gasteiger partial charge in [0.2, 0.25) is 0 Å². The smallest absolute Gasteiger partial charge is 0.161 e. The molecular formula is C15H12ClFN2S. The van der Waals surface area contributed by atoms with Crippen LogP contribution in [0.4, 0.5) is 10.1 Å². The first kappa shape index (κ1) is 13.5. The average molecular weight is 307 g/mol. The van der Waals surface area contributed by atoms with Crippen molar-refractivity contribution in [2.24, 2.45) is 4.99 Å². The molecule has 5 heteroatoms. The largest absolute Gasteiger partial charge is 0.335 e. The molecule has 20 heavy (non-hydrogen) atoms. The van der Waals surface area contributed by atoms with Crippen molar-refractivity contribution in [2.45, 2.75) is 6.04 Å². The number of hydrogen-bond acceptors (Lipinski definition) is 3. The Bertz CT molecular complexity index is 625. The fourth-order valence-corrected chi connectivity index (χ4v) is 3.23. The number of nitrogens with zero attached hydrogens (tertiary/aromatic N) is 1. The number of nitrogens with one attached hydrogen (secondary N) is 1. The van der Waals surface area contributed by atoms with Crippen LogP contribution in [0.5, 0.6) is 0 Å². The molecule has 1 aliphatic rings. The van der Waals surface area contributed by atoms with E-state index >= 15 is 0 Å². The molecule has 0 fully saturated rings. The summed E-state index contributed by atoms with van der Waals surface area (Å²) in [5, 5.41) is 4.27. The molecular weight excluding hydrogens is 295 g/mol. The highest BCUT2D eigenvalue weighted by atomic mass is 35.5. The molecule has 2 nitrogen and oxygen atoms in total. The van der Waals surface area contributed by atoms with Gasteiger partial charge in [-0.05, 0) is 23.8 Å². The van der Waals surface area contributed by atoms with Gasteiger partial charge < -0.3 is 5.32 Å². The summed E-state index contributed by atoms with van der Waals surface area (Å²) in [6.45, 7) is 0. The summed E-state index contributed by atoms with van der Waals surface area (Å²) in [5.74, 6) is 0.526. The van der Waals surface area contributed by atoms with Crippen LogP contribution in [0, 0.1) is 5.82 Å². The number of hydrogen-bond donors (Lipinski definition) is 1. The van der Waals surface area contributed by atoms with E-state index in [1.165, 1.54) is 17.7 Å². The summed E-state index contributed by atoms with van der Waals surface area (Å²) in [4.78, 5) is 4.62. The summed E-state index contributed by atoms with van der Waals surface area (Å²) < 4.78 is 13.3. The van der Waals surface area contributed by atoms with E-state index in [4.69, 9.17) is 11.6 Å². The zero-order valence-electron chi connectivity index (χ0n) is 10.5. The maximum Gasteiger partial charge on any atom is 0.161 e. The summed E-state index contributed by atoms with van der Waals surface area (Å²) >= 11 is 7.46. The van der Waals surface area contributed by atoms with Crippen LogP contribution >= 0.6 is 23.4 Å². The lowest BCUT2D eigenvalue weighted by atomic mass is 10.1. The quantitative estimate of drug-likeness (QED) is 0.867. The van der Waals surface area contributed by atoms with Crippen molar-refractivity contribution in [3.63, 3.8) is 0 Å². The van der Waals surface area contributed by atoms with E-state index in [1.54, 1.807) is 17.8 Å². The minimum atomic E-state index is -0.358. The predicted octanol–water partition coefficient (Wildman–Crippen LogP) is 4.74. The summed E-state index contributed by atoms with van der Waals surface area (Å²) in [5.41, 5.74) is 1.81. The minimum absolute atomic E-state index is 0.146. The first-order valence-electron chi connectivity index (χ1n) is 6.19. The molecule has 0 aliphatic carbocycles. The van der Waals surface area contributed by atoms with Crippen molar-refractivity contribution in [3.05, 3.63) is 64.9 Å². The second-order valence-corrected chi connectivity index (χ2v) is 5.90. The molecule has 0 bridgehead atoms. The van der Waals surface area contributed by atoms with E-state index in [0.29, 0.717) is 10.7 Å². The van der Waals surface area contributed by atoms with Gasteiger partial charge in [-0.25, -0.2) is 4.39 Å².